The summed E-state index contributed by atoms with van der Waals surface area (Å²) >= 11 is 6.19. The van der Waals surface area contributed by atoms with Crippen LogP contribution in [0.4, 0.5) is 5.82 Å². The van der Waals surface area contributed by atoms with Crippen LogP contribution in [0.1, 0.15) is 25.7 Å². The van der Waals surface area contributed by atoms with E-state index in [4.69, 9.17) is 17.3 Å². The quantitative estimate of drug-likeness (QED) is 0.892. The van der Waals surface area contributed by atoms with Gasteiger partial charge in [0, 0.05) is 12.1 Å². The molecule has 108 valence electrons. The van der Waals surface area contributed by atoms with Crippen molar-refractivity contribution in [2.45, 2.75) is 37.8 Å². The van der Waals surface area contributed by atoms with Gasteiger partial charge in [-0.25, -0.2) is 9.97 Å². The van der Waals surface area contributed by atoms with Gasteiger partial charge in [-0.15, -0.1) is 12.4 Å². The Kier molecular flexibility index (Phi) is 5.02. The molecule has 3 N–H and O–H groups in total. The number of hydrogen-bond donors (Lipinski definition) is 2. The van der Waals surface area contributed by atoms with Gasteiger partial charge in [0.25, 0.3) is 0 Å². The van der Waals surface area contributed by atoms with Gasteiger partial charge in [-0.3, -0.25) is 0 Å². The third-order valence-corrected chi connectivity index (χ3v) is 3.90. The smallest absolute Gasteiger partial charge is 0.172 e. The predicted octanol–water partition coefficient (Wildman–Crippen LogP) is 3.39. The van der Waals surface area contributed by atoms with Crippen molar-refractivity contribution in [1.82, 2.24) is 9.97 Å². The number of nitrogens with two attached hydrogens (primary N) is 1. The second-order valence-electron chi connectivity index (χ2n) is 5.11. The van der Waals surface area contributed by atoms with Gasteiger partial charge in [-0.05, 0) is 37.8 Å². The van der Waals surface area contributed by atoms with E-state index in [1.54, 1.807) is 0 Å². The highest BCUT2D eigenvalue weighted by atomic mass is 35.5. The lowest BCUT2D eigenvalue weighted by Crippen LogP contribution is -2.33. The van der Waals surface area contributed by atoms with Gasteiger partial charge >= 0.3 is 0 Å². The highest BCUT2D eigenvalue weighted by Gasteiger charge is 2.19. The van der Waals surface area contributed by atoms with E-state index in [-0.39, 0.29) is 12.4 Å². The molecule has 1 heterocycles. The number of rotatable bonds is 2. The molecule has 2 aromatic rings. The van der Waals surface area contributed by atoms with E-state index in [1.165, 1.54) is 0 Å². The van der Waals surface area contributed by atoms with Crippen molar-refractivity contribution < 1.29 is 0 Å². The second kappa shape index (κ2) is 6.57. The minimum absolute atomic E-state index is 0. The summed E-state index contributed by atoms with van der Waals surface area (Å²) in [4.78, 5) is 8.92. The number of fused-ring (bicyclic) bond motifs is 1. The minimum Gasteiger partial charge on any atom is -0.365 e. The number of benzene rings is 1. The summed E-state index contributed by atoms with van der Waals surface area (Å²) in [7, 11) is 0. The van der Waals surface area contributed by atoms with E-state index in [2.05, 4.69) is 15.3 Å². The van der Waals surface area contributed by atoms with Gasteiger partial charge in [0.05, 0.1) is 11.0 Å². The number of halogens is 2. The van der Waals surface area contributed by atoms with Crippen molar-refractivity contribution >= 4 is 40.9 Å². The maximum absolute atomic E-state index is 6.19. The fourth-order valence-corrected chi connectivity index (χ4v) is 2.72. The monoisotopic (exact) mass is 312 g/mol. The van der Waals surface area contributed by atoms with Crippen molar-refractivity contribution in [3.05, 3.63) is 29.4 Å². The lowest BCUT2D eigenvalue weighted by atomic mass is 9.92. The Morgan fingerprint density at radius 3 is 2.30 bits per heavy atom. The summed E-state index contributed by atoms with van der Waals surface area (Å²) in [6.45, 7) is 0. The number of hydrogen-bond acceptors (Lipinski definition) is 4. The normalized spacial score (nSPS) is 22.3. The van der Waals surface area contributed by atoms with E-state index in [0.29, 0.717) is 23.1 Å². The first kappa shape index (κ1) is 15.3. The number of nitrogens with one attached hydrogen (secondary N) is 1. The summed E-state index contributed by atoms with van der Waals surface area (Å²) in [5.74, 6) is 0.681. The average Bonchev–Trinajstić information content (AvgIpc) is 2.42. The van der Waals surface area contributed by atoms with Crippen LogP contribution in [0, 0.1) is 0 Å². The van der Waals surface area contributed by atoms with Gasteiger partial charge in [-0.2, -0.15) is 0 Å². The molecule has 0 spiro atoms. The third-order valence-electron chi connectivity index (χ3n) is 3.64. The Morgan fingerprint density at radius 1 is 1.05 bits per heavy atom. The van der Waals surface area contributed by atoms with Crippen LogP contribution in [0.5, 0.6) is 0 Å². The Bertz CT molecular complexity index is 582. The summed E-state index contributed by atoms with van der Waals surface area (Å²) in [6, 6.07) is 8.49. The number of aromatic nitrogens is 2. The fraction of sp³-hybridized carbons (Fsp3) is 0.429. The van der Waals surface area contributed by atoms with Crippen LogP contribution < -0.4 is 11.1 Å². The first-order chi connectivity index (χ1) is 9.22. The first-order valence-electron chi connectivity index (χ1n) is 6.67. The van der Waals surface area contributed by atoms with Crippen molar-refractivity contribution in [3.63, 3.8) is 0 Å². The molecule has 4 nitrogen and oxygen atoms in total. The van der Waals surface area contributed by atoms with E-state index in [1.807, 2.05) is 24.3 Å². The molecule has 6 heteroatoms. The van der Waals surface area contributed by atoms with Crippen LogP contribution in [0.3, 0.4) is 0 Å². The Labute approximate surface area is 129 Å². The minimum atomic E-state index is 0. The molecule has 0 atom stereocenters. The van der Waals surface area contributed by atoms with Gasteiger partial charge in [0.15, 0.2) is 11.0 Å². The summed E-state index contributed by atoms with van der Waals surface area (Å²) in [5.41, 5.74) is 7.60. The molecule has 0 unspecified atom stereocenters. The fourth-order valence-electron chi connectivity index (χ4n) is 2.53. The van der Waals surface area contributed by atoms with Gasteiger partial charge in [0.1, 0.15) is 0 Å². The molecular weight excluding hydrogens is 295 g/mol. The maximum Gasteiger partial charge on any atom is 0.172 e. The lowest BCUT2D eigenvalue weighted by Gasteiger charge is -2.27. The van der Waals surface area contributed by atoms with Crippen molar-refractivity contribution in [3.8, 4) is 0 Å². The summed E-state index contributed by atoms with van der Waals surface area (Å²) in [6.07, 6.45) is 4.23. The zero-order chi connectivity index (χ0) is 13.2. The van der Waals surface area contributed by atoms with Crippen LogP contribution in [0.25, 0.3) is 11.0 Å². The van der Waals surface area contributed by atoms with E-state index < -0.39 is 0 Å². The highest BCUT2D eigenvalue weighted by Crippen LogP contribution is 2.25. The Morgan fingerprint density at radius 2 is 1.65 bits per heavy atom. The highest BCUT2D eigenvalue weighted by molar-refractivity contribution is 6.32. The first-order valence-corrected chi connectivity index (χ1v) is 7.04. The van der Waals surface area contributed by atoms with E-state index in [0.717, 1.165) is 36.7 Å². The molecule has 0 bridgehead atoms. The molecule has 1 aromatic heterocycles. The molecule has 3 rings (SSSR count). The molecule has 1 aliphatic carbocycles. The molecule has 1 aliphatic rings. The van der Waals surface area contributed by atoms with Gasteiger partial charge < -0.3 is 11.1 Å². The SMILES string of the molecule is Cl.NC1CCC(Nc2nc3ccccc3nc2Cl)CC1. The van der Waals surface area contributed by atoms with Crippen molar-refractivity contribution in [2.24, 2.45) is 5.73 Å². The number of para-hydroxylation sites is 2. The van der Waals surface area contributed by atoms with Crippen LogP contribution in [0.2, 0.25) is 5.15 Å². The van der Waals surface area contributed by atoms with Crippen LogP contribution in [-0.4, -0.2) is 22.1 Å². The largest absolute Gasteiger partial charge is 0.365 e. The molecular formula is C14H18Cl2N4. The molecule has 0 aliphatic heterocycles. The van der Waals surface area contributed by atoms with E-state index in [9.17, 15) is 0 Å². The van der Waals surface area contributed by atoms with Crippen LogP contribution in [-0.2, 0) is 0 Å². The van der Waals surface area contributed by atoms with Gasteiger partial charge in [-0.1, -0.05) is 23.7 Å². The topological polar surface area (TPSA) is 63.8 Å². The second-order valence-corrected chi connectivity index (χ2v) is 5.47. The molecule has 1 fully saturated rings. The van der Waals surface area contributed by atoms with E-state index >= 15 is 0 Å². The van der Waals surface area contributed by atoms with Gasteiger partial charge in [0.2, 0.25) is 0 Å². The summed E-state index contributed by atoms with van der Waals surface area (Å²) < 4.78 is 0. The Balaban J connectivity index is 0.00000147. The molecule has 1 saturated carbocycles. The molecule has 1 aromatic carbocycles. The molecule has 0 amide bonds. The average molecular weight is 313 g/mol. The standard InChI is InChI=1S/C14H17ClN4.ClH/c15-13-14(17-10-7-5-9(16)6-8-10)19-12-4-2-1-3-11(12)18-13;/h1-4,9-10H,5-8,16H2,(H,17,19);1H. The summed E-state index contributed by atoms with van der Waals surface area (Å²) in [5, 5.41) is 3.84. The third kappa shape index (κ3) is 3.32. The van der Waals surface area contributed by atoms with Crippen molar-refractivity contribution in [1.29, 1.82) is 0 Å². The lowest BCUT2D eigenvalue weighted by molar-refractivity contribution is 0.410. The number of nitrogens with zero attached hydrogens (tertiary/aromatic N) is 2. The molecule has 0 saturated heterocycles. The van der Waals surface area contributed by atoms with Crippen LogP contribution in [0.15, 0.2) is 24.3 Å². The number of anilines is 1. The maximum atomic E-state index is 6.19. The zero-order valence-corrected chi connectivity index (χ0v) is 12.6. The van der Waals surface area contributed by atoms with Crippen LogP contribution >= 0.6 is 24.0 Å². The van der Waals surface area contributed by atoms with Crippen molar-refractivity contribution in [2.75, 3.05) is 5.32 Å². The zero-order valence-electron chi connectivity index (χ0n) is 11.1. The predicted molar refractivity (Wildman–Crippen MR) is 85.7 cm³/mol. The Hall–Kier alpha value is -1.10. The molecule has 20 heavy (non-hydrogen) atoms. The molecule has 0 radical (unpaired) electrons.